The first-order valence-electron chi connectivity index (χ1n) is 5.52. The van der Waals surface area contributed by atoms with Crippen LogP contribution in [0, 0.1) is 0 Å². The minimum atomic E-state index is -0.971. The van der Waals surface area contributed by atoms with Crippen LogP contribution in [0.25, 0.3) is 0 Å². The minimum absolute atomic E-state index is 0.0182. The first kappa shape index (κ1) is 12.0. The van der Waals surface area contributed by atoms with Gasteiger partial charge in [-0.3, -0.25) is 9.97 Å². The molecule has 0 saturated heterocycles. The summed E-state index contributed by atoms with van der Waals surface area (Å²) in [5.41, 5.74) is 1.76. The van der Waals surface area contributed by atoms with E-state index in [2.05, 4.69) is 15.3 Å². The summed E-state index contributed by atoms with van der Waals surface area (Å²) in [6, 6.07) is 5.22. The second-order valence-electron chi connectivity index (χ2n) is 3.87. The predicted molar refractivity (Wildman–Crippen MR) is 67.5 cm³/mol. The standard InChI is InChI=1S/C13H13N3O2/c1-9(10-2-5-14-6-3-10)16-12-8-15-7-4-11(12)13(17)18/h2-9,16H,1H3,(H,17,18). The maximum atomic E-state index is 11.1. The number of anilines is 1. The number of hydrogen-bond donors (Lipinski definition) is 2. The highest BCUT2D eigenvalue weighted by Gasteiger charge is 2.12. The van der Waals surface area contributed by atoms with Gasteiger partial charge >= 0.3 is 5.97 Å². The molecule has 18 heavy (non-hydrogen) atoms. The highest BCUT2D eigenvalue weighted by molar-refractivity contribution is 5.93. The molecule has 92 valence electrons. The van der Waals surface area contributed by atoms with Gasteiger partial charge < -0.3 is 10.4 Å². The predicted octanol–water partition coefficient (Wildman–Crippen LogP) is 2.35. The van der Waals surface area contributed by atoms with E-state index >= 15 is 0 Å². The molecule has 0 aromatic carbocycles. The van der Waals surface area contributed by atoms with Gasteiger partial charge in [-0.2, -0.15) is 0 Å². The fraction of sp³-hybridized carbons (Fsp3) is 0.154. The van der Waals surface area contributed by atoms with Gasteiger partial charge in [-0.15, -0.1) is 0 Å². The van der Waals surface area contributed by atoms with Gasteiger partial charge in [0.25, 0.3) is 0 Å². The van der Waals surface area contributed by atoms with Crippen molar-refractivity contribution in [2.45, 2.75) is 13.0 Å². The molecule has 0 radical (unpaired) electrons. The third kappa shape index (κ3) is 2.63. The number of pyridine rings is 2. The minimum Gasteiger partial charge on any atom is -0.478 e. The molecule has 1 unspecified atom stereocenters. The maximum Gasteiger partial charge on any atom is 0.337 e. The zero-order valence-corrected chi connectivity index (χ0v) is 9.87. The third-order valence-corrected chi connectivity index (χ3v) is 2.63. The Balaban J connectivity index is 2.22. The molecule has 0 aliphatic carbocycles. The summed E-state index contributed by atoms with van der Waals surface area (Å²) in [7, 11) is 0. The molecule has 0 fully saturated rings. The number of rotatable bonds is 4. The highest BCUT2D eigenvalue weighted by atomic mass is 16.4. The first-order chi connectivity index (χ1) is 8.68. The van der Waals surface area contributed by atoms with Crippen LogP contribution in [0.2, 0.25) is 0 Å². The molecule has 1 atom stereocenters. The van der Waals surface area contributed by atoms with Crippen LogP contribution in [0.5, 0.6) is 0 Å². The number of carboxylic acid groups (broad SMARTS) is 1. The molecule has 2 heterocycles. The molecule has 0 saturated carbocycles. The second-order valence-corrected chi connectivity index (χ2v) is 3.87. The maximum absolute atomic E-state index is 11.1. The van der Waals surface area contributed by atoms with E-state index in [1.807, 2.05) is 19.1 Å². The van der Waals surface area contributed by atoms with Crippen molar-refractivity contribution in [2.75, 3.05) is 5.32 Å². The second kappa shape index (κ2) is 5.27. The molecule has 0 aliphatic heterocycles. The van der Waals surface area contributed by atoms with Gasteiger partial charge in [-0.05, 0) is 30.7 Å². The van der Waals surface area contributed by atoms with Gasteiger partial charge in [0.2, 0.25) is 0 Å². The highest BCUT2D eigenvalue weighted by Crippen LogP contribution is 2.21. The lowest BCUT2D eigenvalue weighted by molar-refractivity contribution is 0.0698. The van der Waals surface area contributed by atoms with E-state index in [9.17, 15) is 4.79 Å². The Hall–Kier alpha value is -2.43. The Bertz CT molecular complexity index is 543. The van der Waals surface area contributed by atoms with Crippen molar-refractivity contribution < 1.29 is 9.90 Å². The van der Waals surface area contributed by atoms with Gasteiger partial charge in [0.15, 0.2) is 0 Å². The molecule has 2 rings (SSSR count). The van der Waals surface area contributed by atoms with Gasteiger partial charge in [0, 0.05) is 24.6 Å². The number of nitrogens with one attached hydrogen (secondary N) is 1. The van der Waals surface area contributed by atoms with Crippen LogP contribution in [0.3, 0.4) is 0 Å². The summed E-state index contributed by atoms with van der Waals surface area (Å²) in [5.74, 6) is -0.971. The molecule has 5 heteroatoms. The lowest BCUT2D eigenvalue weighted by atomic mass is 10.1. The zero-order valence-electron chi connectivity index (χ0n) is 9.87. The summed E-state index contributed by atoms with van der Waals surface area (Å²) in [6.45, 7) is 1.95. The lowest BCUT2D eigenvalue weighted by Crippen LogP contribution is -2.11. The Morgan fingerprint density at radius 2 is 1.89 bits per heavy atom. The molecule has 5 nitrogen and oxygen atoms in total. The van der Waals surface area contributed by atoms with E-state index < -0.39 is 5.97 Å². The van der Waals surface area contributed by atoms with Gasteiger partial charge in [-0.25, -0.2) is 4.79 Å². The van der Waals surface area contributed by atoms with Crippen LogP contribution in [0.15, 0.2) is 43.0 Å². The van der Waals surface area contributed by atoms with E-state index in [0.717, 1.165) is 5.56 Å². The summed E-state index contributed by atoms with van der Waals surface area (Å²) in [5, 5.41) is 12.2. The number of hydrogen-bond acceptors (Lipinski definition) is 4. The fourth-order valence-electron chi connectivity index (χ4n) is 1.66. The van der Waals surface area contributed by atoms with E-state index in [1.54, 1.807) is 12.4 Å². The van der Waals surface area contributed by atoms with E-state index in [-0.39, 0.29) is 11.6 Å². The topological polar surface area (TPSA) is 75.1 Å². The van der Waals surface area contributed by atoms with E-state index in [4.69, 9.17) is 5.11 Å². The van der Waals surface area contributed by atoms with Crippen LogP contribution < -0.4 is 5.32 Å². The van der Waals surface area contributed by atoms with Gasteiger partial charge in [0.1, 0.15) is 0 Å². The van der Waals surface area contributed by atoms with Crippen LogP contribution >= 0.6 is 0 Å². The SMILES string of the molecule is CC(Nc1cnccc1C(=O)O)c1ccncc1. The number of carboxylic acids is 1. The summed E-state index contributed by atoms with van der Waals surface area (Å²) < 4.78 is 0. The fourth-order valence-corrected chi connectivity index (χ4v) is 1.66. The van der Waals surface area contributed by atoms with Crippen LogP contribution in [0.4, 0.5) is 5.69 Å². The van der Waals surface area contributed by atoms with Crippen molar-refractivity contribution in [3.05, 3.63) is 54.1 Å². The van der Waals surface area contributed by atoms with E-state index in [0.29, 0.717) is 5.69 Å². The molecule has 0 bridgehead atoms. The quantitative estimate of drug-likeness (QED) is 0.862. The average molecular weight is 243 g/mol. The largest absolute Gasteiger partial charge is 0.478 e. The van der Waals surface area contributed by atoms with Crippen molar-refractivity contribution in [1.82, 2.24) is 9.97 Å². The lowest BCUT2D eigenvalue weighted by Gasteiger charge is -2.16. The Labute approximate surface area is 105 Å². The molecule has 0 amide bonds. The summed E-state index contributed by atoms with van der Waals surface area (Å²) >= 11 is 0. The first-order valence-corrected chi connectivity index (χ1v) is 5.52. The monoisotopic (exact) mass is 243 g/mol. The number of aromatic carboxylic acids is 1. The molecule has 2 aromatic heterocycles. The van der Waals surface area contributed by atoms with Crippen LogP contribution in [0.1, 0.15) is 28.9 Å². The van der Waals surface area contributed by atoms with E-state index in [1.165, 1.54) is 18.5 Å². The Kier molecular flexibility index (Phi) is 3.52. The zero-order chi connectivity index (χ0) is 13.0. The summed E-state index contributed by atoms with van der Waals surface area (Å²) in [4.78, 5) is 18.9. The Morgan fingerprint density at radius 1 is 1.22 bits per heavy atom. The molecular weight excluding hydrogens is 230 g/mol. The third-order valence-electron chi connectivity index (χ3n) is 2.63. The van der Waals surface area contributed by atoms with Gasteiger partial charge in [-0.1, -0.05) is 0 Å². The van der Waals surface area contributed by atoms with Crippen LogP contribution in [-0.2, 0) is 0 Å². The molecular formula is C13H13N3O2. The number of carbonyl (C=O) groups is 1. The van der Waals surface area contributed by atoms with Gasteiger partial charge in [0.05, 0.1) is 17.4 Å². The molecule has 2 N–H and O–H groups in total. The molecule has 0 aliphatic rings. The van der Waals surface area contributed by atoms with Crippen molar-refractivity contribution >= 4 is 11.7 Å². The molecule has 0 spiro atoms. The summed E-state index contributed by atoms with van der Waals surface area (Å²) in [6.07, 6.45) is 6.39. The van der Waals surface area contributed by atoms with Crippen molar-refractivity contribution in [3.8, 4) is 0 Å². The number of aromatic nitrogens is 2. The number of nitrogens with zero attached hydrogens (tertiary/aromatic N) is 2. The van der Waals surface area contributed by atoms with Crippen molar-refractivity contribution in [1.29, 1.82) is 0 Å². The van der Waals surface area contributed by atoms with Crippen LogP contribution in [-0.4, -0.2) is 21.0 Å². The molecule has 2 aromatic rings. The smallest absolute Gasteiger partial charge is 0.337 e. The van der Waals surface area contributed by atoms with Crippen molar-refractivity contribution in [2.24, 2.45) is 0 Å². The van der Waals surface area contributed by atoms with Crippen molar-refractivity contribution in [3.63, 3.8) is 0 Å². The normalized spacial score (nSPS) is 11.8. The Morgan fingerprint density at radius 3 is 2.56 bits per heavy atom. The average Bonchev–Trinajstić information content (AvgIpc) is 2.40.